The van der Waals surface area contributed by atoms with Gasteiger partial charge in [0.25, 0.3) is 0 Å². The molecule has 2 aromatic rings. The first-order chi connectivity index (χ1) is 11.8. The summed E-state index contributed by atoms with van der Waals surface area (Å²) in [7, 11) is 0. The number of aliphatic carboxylic acids is 1. The van der Waals surface area contributed by atoms with E-state index >= 15 is 0 Å². The Morgan fingerprint density at radius 3 is 2.56 bits per heavy atom. The zero-order valence-corrected chi connectivity index (χ0v) is 14.3. The van der Waals surface area contributed by atoms with Gasteiger partial charge in [-0.15, -0.1) is 0 Å². The van der Waals surface area contributed by atoms with Crippen molar-refractivity contribution in [3.05, 3.63) is 39.2 Å². The van der Waals surface area contributed by atoms with Gasteiger partial charge in [-0.2, -0.15) is 0 Å². The summed E-state index contributed by atoms with van der Waals surface area (Å²) in [6, 6.07) is 2.00. The van der Waals surface area contributed by atoms with Crippen molar-refractivity contribution in [2.45, 2.75) is 46.1 Å². The lowest BCUT2D eigenvalue weighted by molar-refractivity contribution is -0.308. The first-order valence-electron chi connectivity index (χ1n) is 8.01. The Morgan fingerprint density at radius 1 is 1.28 bits per heavy atom. The number of aromatic hydroxyl groups is 1. The number of nitrogens with one attached hydrogen (secondary N) is 1. The van der Waals surface area contributed by atoms with E-state index < -0.39 is 23.5 Å². The maximum Gasteiger partial charge on any atom is 0.340 e. The van der Waals surface area contributed by atoms with E-state index in [9.17, 15) is 24.6 Å². The van der Waals surface area contributed by atoms with Crippen molar-refractivity contribution in [3.63, 3.8) is 0 Å². The van der Waals surface area contributed by atoms with E-state index in [1.807, 2.05) is 0 Å². The highest BCUT2D eigenvalue weighted by Gasteiger charge is 2.19. The normalized spacial score (nSPS) is 12.1. The fourth-order valence-corrected chi connectivity index (χ4v) is 2.73. The average Bonchev–Trinajstić information content (AvgIpc) is 2.55. The smallest absolute Gasteiger partial charge is 0.340 e. The van der Waals surface area contributed by atoms with Gasteiger partial charge in [-0.1, -0.05) is 13.3 Å². The summed E-state index contributed by atoms with van der Waals surface area (Å²) in [5.74, 6) is -1.94. The molecule has 25 heavy (non-hydrogen) atoms. The molecule has 1 aromatic heterocycles. The SMILES string of the molecule is CCC[C@@H](NC(=O)Cc1c(C)c2ccc(O)c(C)c2oc1=O)C(=O)[O-]. The number of amides is 1. The molecule has 1 atom stereocenters. The van der Waals surface area contributed by atoms with Crippen molar-refractivity contribution in [1.29, 1.82) is 0 Å². The maximum absolute atomic E-state index is 12.2. The zero-order chi connectivity index (χ0) is 18.7. The van der Waals surface area contributed by atoms with Gasteiger partial charge in [0.15, 0.2) is 0 Å². The van der Waals surface area contributed by atoms with Crippen LogP contribution >= 0.6 is 0 Å². The minimum absolute atomic E-state index is 0.0110. The van der Waals surface area contributed by atoms with Crippen LogP contribution in [0.15, 0.2) is 21.3 Å². The Hall–Kier alpha value is -2.83. The largest absolute Gasteiger partial charge is 0.548 e. The van der Waals surface area contributed by atoms with Crippen molar-refractivity contribution in [3.8, 4) is 5.75 Å². The van der Waals surface area contributed by atoms with Crippen LogP contribution in [-0.2, 0) is 16.0 Å². The number of phenols is 1. The van der Waals surface area contributed by atoms with Crippen molar-refractivity contribution < 1.29 is 24.2 Å². The molecular formula is C18H20NO6-. The van der Waals surface area contributed by atoms with E-state index in [1.165, 1.54) is 6.07 Å². The topological polar surface area (TPSA) is 120 Å². The molecule has 0 saturated carbocycles. The molecule has 1 aromatic carbocycles. The van der Waals surface area contributed by atoms with Gasteiger partial charge in [0.2, 0.25) is 5.91 Å². The highest BCUT2D eigenvalue weighted by Crippen LogP contribution is 2.28. The van der Waals surface area contributed by atoms with Crippen LogP contribution in [-0.4, -0.2) is 23.0 Å². The number of aryl methyl sites for hydroxylation is 2. The first-order valence-corrected chi connectivity index (χ1v) is 8.01. The lowest BCUT2D eigenvalue weighted by Gasteiger charge is -2.19. The van der Waals surface area contributed by atoms with Crippen molar-refractivity contribution >= 4 is 22.8 Å². The standard InChI is InChI=1S/C18H21NO6/c1-4-5-13(17(22)23)19-15(21)8-12-9(2)11-6-7-14(20)10(3)16(11)25-18(12)24/h6-7,13,20H,4-5,8H2,1-3H3,(H,19,21)(H,22,23)/p-1/t13-/m1/s1. The van der Waals surface area contributed by atoms with E-state index in [-0.39, 0.29) is 29.7 Å². The second-order valence-corrected chi connectivity index (χ2v) is 5.98. The fourth-order valence-electron chi connectivity index (χ4n) is 2.73. The Balaban J connectivity index is 2.35. The van der Waals surface area contributed by atoms with Gasteiger partial charge in [-0.25, -0.2) is 4.79 Å². The van der Waals surface area contributed by atoms with Crippen LogP contribution in [0.1, 0.15) is 36.5 Å². The van der Waals surface area contributed by atoms with Crippen LogP contribution < -0.4 is 16.0 Å². The molecule has 1 amide bonds. The fraction of sp³-hybridized carbons (Fsp3) is 0.389. The summed E-state index contributed by atoms with van der Waals surface area (Å²) in [5, 5.41) is 23.7. The lowest BCUT2D eigenvalue weighted by Crippen LogP contribution is -2.48. The summed E-state index contributed by atoms with van der Waals surface area (Å²) in [6.45, 7) is 5.10. The van der Waals surface area contributed by atoms with E-state index in [1.54, 1.807) is 26.8 Å². The second kappa shape index (κ2) is 7.38. The minimum atomic E-state index is -1.36. The molecule has 0 saturated heterocycles. The number of carbonyl (C=O) groups excluding carboxylic acids is 2. The van der Waals surface area contributed by atoms with Crippen molar-refractivity contribution in [2.75, 3.05) is 0 Å². The van der Waals surface area contributed by atoms with E-state index in [2.05, 4.69) is 5.32 Å². The number of carboxylic acid groups (broad SMARTS) is 1. The van der Waals surface area contributed by atoms with E-state index in [4.69, 9.17) is 4.42 Å². The Kier molecular flexibility index (Phi) is 5.46. The number of benzene rings is 1. The molecule has 0 unspecified atom stereocenters. The third-order valence-electron chi connectivity index (χ3n) is 4.21. The summed E-state index contributed by atoms with van der Waals surface area (Å²) in [6.07, 6.45) is 0.522. The quantitative estimate of drug-likeness (QED) is 0.743. The highest BCUT2D eigenvalue weighted by molar-refractivity contribution is 5.88. The van der Waals surface area contributed by atoms with Gasteiger partial charge in [0.1, 0.15) is 11.3 Å². The predicted octanol–water partition coefficient (Wildman–Crippen LogP) is 0.693. The molecule has 134 valence electrons. The van der Waals surface area contributed by atoms with Crippen LogP contribution in [0.25, 0.3) is 11.0 Å². The number of hydrogen-bond donors (Lipinski definition) is 2. The minimum Gasteiger partial charge on any atom is -0.548 e. The van der Waals surface area contributed by atoms with Gasteiger partial charge >= 0.3 is 5.63 Å². The van der Waals surface area contributed by atoms with E-state index in [0.717, 1.165) is 0 Å². The summed E-state index contributed by atoms with van der Waals surface area (Å²) >= 11 is 0. The summed E-state index contributed by atoms with van der Waals surface area (Å²) in [5.41, 5.74) is 0.738. The van der Waals surface area contributed by atoms with Crippen molar-refractivity contribution in [1.82, 2.24) is 5.32 Å². The predicted molar refractivity (Wildman–Crippen MR) is 89.2 cm³/mol. The van der Waals surface area contributed by atoms with Crippen LogP contribution in [0.3, 0.4) is 0 Å². The molecular weight excluding hydrogens is 326 g/mol. The molecule has 7 nitrogen and oxygen atoms in total. The number of carboxylic acids is 1. The molecule has 2 rings (SSSR count). The molecule has 2 N–H and O–H groups in total. The van der Waals surface area contributed by atoms with Crippen molar-refractivity contribution in [2.24, 2.45) is 0 Å². The molecule has 0 aliphatic carbocycles. The third kappa shape index (κ3) is 3.81. The molecule has 0 aliphatic heterocycles. The van der Waals surface area contributed by atoms with Crippen LogP contribution in [0.2, 0.25) is 0 Å². The van der Waals surface area contributed by atoms with Gasteiger partial charge in [0, 0.05) is 10.9 Å². The Labute approximate surface area is 144 Å². The Morgan fingerprint density at radius 2 is 1.96 bits per heavy atom. The maximum atomic E-state index is 12.2. The van der Waals surface area contributed by atoms with Crippen LogP contribution in [0.5, 0.6) is 5.75 Å². The molecule has 0 radical (unpaired) electrons. The second-order valence-electron chi connectivity index (χ2n) is 5.98. The van der Waals surface area contributed by atoms with Crippen LogP contribution in [0.4, 0.5) is 0 Å². The monoisotopic (exact) mass is 346 g/mol. The molecule has 0 bridgehead atoms. The highest BCUT2D eigenvalue weighted by atomic mass is 16.4. The molecule has 0 spiro atoms. The number of hydrogen-bond acceptors (Lipinski definition) is 6. The lowest BCUT2D eigenvalue weighted by atomic mass is 10.0. The molecule has 0 fully saturated rings. The van der Waals surface area contributed by atoms with Gasteiger partial charge in [0.05, 0.1) is 24.0 Å². The van der Waals surface area contributed by atoms with Gasteiger partial charge in [-0.05, 0) is 38.0 Å². The van der Waals surface area contributed by atoms with E-state index in [0.29, 0.717) is 22.9 Å². The number of carbonyl (C=O) groups is 2. The number of fused-ring (bicyclic) bond motifs is 1. The number of rotatable bonds is 6. The summed E-state index contributed by atoms with van der Waals surface area (Å²) in [4.78, 5) is 35.4. The summed E-state index contributed by atoms with van der Waals surface area (Å²) < 4.78 is 5.26. The zero-order valence-electron chi connectivity index (χ0n) is 14.3. The van der Waals surface area contributed by atoms with Crippen LogP contribution in [0, 0.1) is 13.8 Å². The van der Waals surface area contributed by atoms with Gasteiger partial charge < -0.3 is 24.7 Å². The Bertz CT molecular complexity index is 883. The first kappa shape index (κ1) is 18.5. The number of phenolic OH excluding ortho intramolecular Hbond substituents is 1. The molecule has 0 aliphatic rings. The van der Waals surface area contributed by atoms with Gasteiger partial charge in [-0.3, -0.25) is 4.79 Å². The third-order valence-corrected chi connectivity index (χ3v) is 4.21. The average molecular weight is 346 g/mol. The molecule has 1 heterocycles. The molecule has 7 heteroatoms.